The van der Waals surface area contributed by atoms with E-state index in [-0.39, 0.29) is 18.4 Å². The van der Waals surface area contributed by atoms with Gasteiger partial charge >= 0.3 is 0 Å². The number of hydrogen-bond donors (Lipinski definition) is 1. The van der Waals surface area contributed by atoms with Gasteiger partial charge in [0.05, 0.1) is 30.3 Å². The van der Waals surface area contributed by atoms with Crippen molar-refractivity contribution in [2.75, 3.05) is 19.7 Å². The molecule has 1 aliphatic heterocycles. The third-order valence-corrected chi connectivity index (χ3v) is 5.27. The summed E-state index contributed by atoms with van der Waals surface area (Å²) < 4.78 is 5.84. The first-order valence-electron chi connectivity index (χ1n) is 10.5. The van der Waals surface area contributed by atoms with Gasteiger partial charge in [-0.2, -0.15) is 5.26 Å². The van der Waals surface area contributed by atoms with Crippen molar-refractivity contribution >= 4 is 22.7 Å². The maximum absolute atomic E-state index is 12.8. The number of hydrogen-bond acceptors (Lipinski definition) is 5. The lowest BCUT2D eigenvalue weighted by molar-refractivity contribution is -0.130. The van der Waals surface area contributed by atoms with Gasteiger partial charge in [0.2, 0.25) is 5.91 Å². The number of benzene rings is 1. The summed E-state index contributed by atoms with van der Waals surface area (Å²) in [6.07, 6.45) is 5.14. The first-order valence-corrected chi connectivity index (χ1v) is 10.5. The average molecular weight is 409 g/mol. The van der Waals surface area contributed by atoms with Gasteiger partial charge in [-0.1, -0.05) is 13.8 Å². The Morgan fingerprint density at radius 1 is 1.37 bits per heavy atom. The second-order valence-corrected chi connectivity index (χ2v) is 7.98. The Bertz CT molecular complexity index is 951. The molecule has 2 aromatic rings. The van der Waals surface area contributed by atoms with Crippen LogP contribution >= 0.6 is 0 Å². The number of aromatic nitrogens is 1. The maximum atomic E-state index is 12.8. The van der Waals surface area contributed by atoms with Crippen LogP contribution in [0.25, 0.3) is 10.9 Å². The lowest BCUT2D eigenvalue weighted by Gasteiger charge is -2.19. The molecule has 30 heavy (non-hydrogen) atoms. The van der Waals surface area contributed by atoms with Gasteiger partial charge < -0.3 is 15.0 Å². The predicted molar refractivity (Wildman–Crippen MR) is 114 cm³/mol. The smallest absolute Gasteiger partial charge is 0.252 e. The SMILES string of the molecule is CC(C)CCCOc1ccc2nccc(C(=O)NCC(=O)N3CCCC3C#N)c2c1. The molecule has 1 saturated heterocycles. The van der Waals surface area contributed by atoms with E-state index in [9.17, 15) is 9.59 Å². The molecule has 0 radical (unpaired) electrons. The summed E-state index contributed by atoms with van der Waals surface area (Å²) in [6.45, 7) is 5.41. The summed E-state index contributed by atoms with van der Waals surface area (Å²) in [7, 11) is 0. The lowest BCUT2D eigenvalue weighted by atomic mass is 10.1. The summed E-state index contributed by atoms with van der Waals surface area (Å²) in [6, 6.07) is 8.89. The van der Waals surface area contributed by atoms with Gasteiger partial charge in [-0.3, -0.25) is 14.6 Å². The third-order valence-electron chi connectivity index (χ3n) is 5.27. The summed E-state index contributed by atoms with van der Waals surface area (Å²) in [5.41, 5.74) is 1.13. The van der Waals surface area contributed by atoms with E-state index in [1.165, 1.54) is 4.90 Å². The number of amides is 2. The fourth-order valence-corrected chi connectivity index (χ4v) is 3.65. The van der Waals surface area contributed by atoms with Crippen LogP contribution in [-0.2, 0) is 4.79 Å². The fourth-order valence-electron chi connectivity index (χ4n) is 3.65. The van der Waals surface area contributed by atoms with E-state index in [2.05, 4.69) is 30.2 Å². The Morgan fingerprint density at radius 3 is 2.97 bits per heavy atom. The number of nitrogens with one attached hydrogen (secondary N) is 1. The first-order chi connectivity index (χ1) is 14.5. The van der Waals surface area contributed by atoms with Gasteiger partial charge in [-0.15, -0.1) is 0 Å². The van der Waals surface area contributed by atoms with Crippen LogP contribution in [0.4, 0.5) is 0 Å². The maximum Gasteiger partial charge on any atom is 0.252 e. The number of carbonyl (C=O) groups excluding carboxylic acids is 2. The normalized spacial score (nSPS) is 15.9. The second-order valence-electron chi connectivity index (χ2n) is 7.98. The molecular formula is C23H28N4O3. The molecule has 3 rings (SSSR count). The topological polar surface area (TPSA) is 95.3 Å². The zero-order valence-corrected chi connectivity index (χ0v) is 17.6. The van der Waals surface area contributed by atoms with Crippen LogP contribution in [0.15, 0.2) is 30.5 Å². The largest absolute Gasteiger partial charge is 0.494 e. The van der Waals surface area contributed by atoms with Gasteiger partial charge in [0.1, 0.15) is 11.8 Å². The van der Waals surface area contributed by atoms with Gasteiger partial charge in [0.25, 0.3) is 5.91 Å². The first kappa shape index (κ1) is 21.6. The summed E-state index contributed by atoms with van der Waals surface area (Å²) >= 11 is 0. The van der Waals surface area contributed by atoms with Gasteiger partial charge in [-0.25, -0.2) is 0 Å². The molecule has 1 fully saturated rings. The van der Waals surface area contributed by atoms with Crippen molar-refractivity contribution in [3.05, 3.63) is 36.0 Å². The number of nitriles is 1. The van der Waals surface area contributed by atoms with Crippen molar-refractivity contribution in [3.8, 4) is 11.8 Å². The molecule has 2 amide bonds. The van der Waals surface area contributed by atoms with E-state index in [4.69, 9.17) is 10.00 Å². The zero-order valence-electron chi connectivity index (χ0n) is 17.6. The number of nitrogens with zero attached hydrogens (tertiary/aromatic N) is 3. The lowest BCUT2D eigenvalue weighted by Crippen LogP contribution is -2.42. The predicted octanol–water partition coefficient (Wildman–Crippen LogP) is 3.29. The minimum Gasteiger partial charge on any atom is -0.494 e. The highest BCUT2D eigenvalue weighted by Gasteiger charge is 2.28. The molecule has 1 aromatic heterocycles. The van der Waals surface area contributed by atoms with Crippen LogP contribution in [0.3, 0.4) is 0 Å². The van der Waals surface area contributed by atoms with E-state index in [0.717, 1.165) is 19.3 Å². The van der Waals surface area contributed by atoms with Crippen LogP contribution in [0, 0.1) is 17.2 Å². The minimum absolute atomic E-state index is 0.133. The average Bonchev–Trinajstić information content (AvgIpc) is 3.23. The Balaban J connectivity index is 1.66. The Kier molecular flexibility index (Phi) is 7.23. The van der Waals surface area contributed by atoms with E-state index in [1.807, 2.05) is 18.2 Å². The summed E-state index contributed by atoms with van der Waals surface area (Å²) in [5.74, 6) is 0.745. The molecule has 1 aromatic carbocycles. The second kappa shape index (κ2) is 10.1. The van der Waals surface area contributed by atoms with E-state index in [0.29, 0.717) is 47.7 Å². The highest BCUT2D eigenvalue weighted by molar-refractivity contribution is 6.07. The molecule has 1 unspecified atom stereocenters. The number of rotatable bonds is 8. The van der Waals surface area contributed by atoms with E-state index in [1.54, 1.807) is 12.3 Å². The van der Waals surface area contributed by atoms with Crippen molar-refractivity contribution in [2.45, 2.75) is 45.6 Å². The van der Waals surface area contributed by atoms with Crippen molar-refractivity contribution in [3.63, 3.8) is 0 Å². The van der Waals surface area contributed by atoms with Gasteiger partial charge in [-0.05, 0) is 55.9 Å². The molecule has 0 aliphatic carbocycles. The number of pyridine rings is 1. The summed E-state index contributed by atoms with van der Waals surface area (Å²) in [4.78, 5) is 31.0. The molecule has 2 heterocycles. The zero-order chi connectivity index (χ0) is 21.5. The van der Waals surface area contributed by atoms with Crippen LogP contribution in [-0.4, -0.2) is 47.4 Å². The van der Waals surface area contributed by atoms with Crippen LogP contribution in [0.5, 0.6) is 5.75 Å². The molecule has 1 N–H and O–H groups in total. The molecule has 1 atom stereocenters. The monoisotopic (exact) mass is 408 g/mol. The van der Waals surface area contributed by atoms with Crippen LogP contribution in [0.1, 0.15) is 49.9 Å². The number of likely N-dealkylation sites (tertiary alicyclic amines) is 1. The van der Waals surface area contributed by atoms with Crippen molar-refractivity contribution in [1.29, 1.82) is 5.26 Å². The standard InChI is InChI=1S/C23H28N4O3/c1-16(2)5-4-12-30-18-7-8-21-20(13-18)19(9-10-25-21)23(29)26-15-22(28)27-11-3-6-17(27)14-24/h7-10,13,16-17H,3-6,11-12,15H2,1-2H3,(H,26,29). The van der Waals surface area contributed by atoms with Gasteiger partial charge in [0.15, 0.2) is 0 Å². The third kappa shape index (κ3) is 5.26. The van der Waals surface area contributed by atoms with Crippen molar-refractivity contribution in [1.82, 2.24) is 15.2 Å². The molecule has 0 saturated carbocycles. The molecule has 0 spiro atoms. The number of carbonyl (C=O) groups is 2. The Labute approximate surface area is 177 Å². The highest BCUT2D eigenvalue weighted by Crippen LogP contribution is 2.23. The Morgan fingerprint density at radius 2 is 2.20 bits per heavy atom. The van der Waals surface area contributed by atoms with Crippen LogP contribution < -0.4 is 10.1 Å². The molecule has 0 bridgehead atoms. The van der Waals surface area contributed by atoms with Crippen molar-refractivity contribution in [2.24, 2.45) is 5.92 Å². The minimum atomic E-state index is -0.397. The highest BCUT2D eigenvalue weighted by atomic mass is 16.5. The molecular weight excluding hydrogens is 380 g/mol. The van der Waals surface area contributed by atoms with Crippen molar-refractivity contribution < 1.29 is 14.3 Å². The quantitative estimate of drug-likeness (QED) is 0.676. The van der Waals surface area contributed by atoms with E-state index < -0.39 is 6.04 Å². The number of fused-ring (bicyclic) bond motifs is 1. The van der Waals surface area contributed by atoms with Gasteiger partial charge in [0, 0.05) is 18.1 Å². The summed E-state index contributed by atoms with van der Waals surface area (Å²) in [5, 5.41) is 12.5. The van der Waals surface area contributed by atoms with E-state index >= 15 is 0 Å². The fraction of sp³-hybridized carbons (Fsp3) is 0.478. The number of ether oxygens (including phenoxy) is 1. The molecule has 7 heteroatoms. The Hall–Kier alpha value is -3.14. The van der Waals surface area contributed by atoms with Crippen LogP contribution in [0.2, 0.25) is 0 Å². The molecule has 158 valence electrons. The molecule has 7 nitrogen and oxygen atoms in total. The molecule has 1 aliphatic rings.